The van der Waals surface area contributed by atoms with Crippen molar-refractivity contribution < 1.29 is 14.7 Å². The van der Waals surface area contributed by atoms with Gasteiger partial charge in [-0.3, -0.25) is 14.5 Å². The molecule has 6 rings (SSSR count). The average Bonchev–Trinajstić information content (AvgIpc) is 3.64. The van der Waals surface area contributed by atoms with Crippen molar-refractivity contribution in [3.8, 4) is 0 Å². The van der Waals surface area contributed by atoms with Gasteiger partial charge in [0.15, 0.2) is 10.1 Å². The molecule has 1 amide bonds. The summed E-state index contributed by atoms with van der Waals surface area (Å²) in [5.74, 6) is -1.17. The molecule has 200 valence electrons. The number of benzene rings is 2. The number of nitrogens with zero attached hydrogens (tertiary/aromatic N) is 5. The number of thioether (sulfide) groups is 1. The van der Waals surface area contributed by atoms with E-state index in [-0.39, 0.29) is 17.0 Å². The Kier molecular flexibility index (Phi) is 6.73. The zero-order chi connectivity index (χ0) is 28.0. The number of pyridine rings is 1. The Labute approximate surface area is 239 Å². The first kappa shape index (κ1) is 26.0. The van der Waals surface area contributed by atoms with Gasteiger partial charge in [0, 0.05) is 11.9 Å². The molecule has 1 aliphatic heterocycles. The Morgan fingerprint density at radius 1 is 0.975 bits per heavy atom. The van der Waals surface area contributed by atoms with Gasteiger partial charge in [-0.2, -0.15) is 0 Å². The number of Topliss-reactive ketones (excluding diaryl/α,β-unsaturated/α-hetero) is 1. The van der Waals surface area contributed by atoms with Gasteiger partial charge in [-0.1, -0.05) is 89.3 Å². The second-order valence-corrected chi connectivity index (χ2v) is 11.8. The van der Waals surface area contributed by atoms with E-state index in [1.165, 1.54) is 33.6 Å². The molecule has 2 aromatic carbocycles. The minimum absolute atomic E-state index is 0.0237. The van der Waals surface area contributed by atoms with Crippen LogP contribution in [0.2, 0.25) is 0 Å². The molecule has 1 N–H and O–H groups in total. The van der Waals surface area contributed by atoms with E-state index in [4.69, 9.17) is 0 Å². The van der Waals surface area contributed by atoms with Crippen LogP contribution in [0.15, 0.2) is 82.8 Å². The summed E-state index contributed by atoms with van der Waals surface area (Å²) in [5.41, 5.74) is 5.52. The Bertz CT molecular complexity index is 1790. The highest BCUT2D eigenvalue weighted by atomic mass is 32.2. The number of imidazole rings is 1. The van der Waals surface area contributed by atoms with Gasteiger partial charge in [-0.25, -0.2) is 4.98 Å². The summed E-state index contributed by atoms with van der Waals surface area (Å²) in [6, 6.07) is 20.4. The summed E-state index contributed by atoms with van der Waals surface area (Å²) < 4.78 is 2.54. The number of ketones is 1. The van der Waals surface area contributed by atoms with Crippen LogP contribution in [0, 0.1) is 20.8 Å². The molecule has 0 radical (unpaired) electrons. The predicted octanol–water partition coefficient (Wildman–Crippen LogP) is 6.03. The van der Waals surface area contributed by atoms with Gasteiger partial charge in [0.1, 0.15) is 11.3 Å². The number of anilines is 1. The Morgan fingerprint density at radius 3 is 2.45 bits per heavy atom. The van der Waals surface area contributed by atoms with E-state index in [2.05, 4.69) is 39.4 Å². The number of fused-ring (bicyclic) bond motifs is 1. The monoisotopic (exact) mass is 567 g/mol. The first-order valence-electron chi connectivity index (χ1n) is 12.7. The minimum Gasteiger partial charge on any atom is -0.505 e. The number of amides is 1. The summed E-state index contributed by atoms with van der Waals surface area (Å²) in [7, 11) is 0. The molecule has 1 aliphatic rings. The third kappa shape index (κ3) is 4.48. The van der Waals surface area contributed by atoms with Crippen molar-refractivity contribution in [1.82, 2.24) is 19.6 Å². The van der Waals surface area contributed by atoms with Gasteiger partial charge in [0.2, 0.25) is 5.13 Å². The van der Waals surface area contributed by atoms with E-state index in [0.717, 1.165) is 11.1 Å². The quantitative estimate of drug-likeness (QED) is 0.0879. The van der Waals surface area contributed by atoms with Gasteiger partial charge < -0.3 is 9.51 Å². The summed E-state index contributed by atoms with van der Waals surface area (Å²) in [6.07, 6.45) is 1.85. The number of carbonyl (C=O) groups excluding carboxylic acids is 2. The van der Waals surface area contributed by atoms with Crippen LogP contribution < -0.4 is 4.90 Å². The number of aliphatic hydroxyl groups excluding tert-OH is 1. The molecule has 4 heterocycles. The van der Waals surface area contributed by atoms with E-state index < -0.39 is 17.7 Å². The molecule has 1 saturated heterocycles. The molecule has 3 aromatic heterocycles. The van der Waals surface area contributed by atoms with Crippen LogP contribution in [0.5, 0.6) is 0 Å². The van der Waals surface area contributed by atoms with Crippen LogP contribution >= 0.6 is 23.1 Å². The number of aliphatic hydroxyl groups is 1. The molecule has 10 heteroatoms. The molecular weight excluding hydrogens is 542 g/mol. The SMILES string of the molecule is Cc1ccc(CSc2nnc(N3C(=O)C(=O)C(=C(O)c4nc5c(C)cccn5c4C)C3c3ccccc3)s2)cc1. The van der Waals surface area contributed by atoms with Crippen LogP contribution in [0.4, 0.5) is 5.13 Å². The van der Waals surface area contributed by atoms with Crippen molar-refractivity contribution in [2.45, 2.75) is 36.9 Å². The smallest absolute Gasteiger partial charge is 0.301 e. The normalized spacial score (nSPS) is 16.8. The predicted molar refractivity (Wildman–Crippen MR) is 157 cm³/mol. The summed E-state index contributed by atoms with van der Waals surface area (Å²) in [6.45, 7) is 5.80. The Morgan fingerprint density at radius 2 is 1.73 bits per heavy atom. The maximum absolute atomic E-state index is 13.5. The second-order valence-electron chi connectivity index (χ2n) is 9.64. The van der Waals surface area contributed by atoms with Crippen molar-refractivity contribution in [3.63, 3.8) is 0 Å². The van der Waals surface area contributed by atoms with E-state index in [1.807, 2.05) is 73.8 Å². The van der Waals surface area contributed by atoms with Gasteiger partial charge in [-0.05, 0) is 43.5 Å². The fraction of sp³-hybridized carbons (Fsp3) is 0.167. The lowest BCUT2D eigenvalue weighted by Crippen LogP contribution is -2.29. The van der Waals surface area contributed by atoms with Gasteiger partial charge in [0.05, 0.1) is 17.3 Å². The largest absolute Gasteiger partial charge is 0.505 e. The molecule has 0 bridgehead atoms. The molecular formula is C30H25N5O3S2. The standard InChI is InChI=1S/C30H25N5O3S2/c1-17-11-13-20(14-12-17)16-39-30-33-32-29(40-30)35-24(21-9-5-4-6-10-21)22(26(37)28(35)38)25(36)23-19(3)34-15-7-8-18(2)27(34)31-23/h4-15,24,36H,16H2,1-3H3. The highest BCUT2D eigenvalue weighted by molar-refractivity contribution is 8.00. The number of aryl methyl sites for hydroxylation is 3. The van der Waals surface area contributed by atoms with Crippen LogP contribution in [-0.4, -0.2) is 36.4 Å². The number of aromatic nitrogens is 4. The molecule has 5 aromatic rings. The lowest BCUT2D eigenvalue weighted by Gasteiger charge is -2.22. The molecule has 8 nitrogen and oxygen atoms in total. The van der Waals surface area contributed by atoms with E-state index >= 15 is 0 Å². The molecule has 1 atom stereocenters. The van der Waals surface area contributed by atoms with Crippen LogP contribution in [0.25, 0.3) is 11.4 Å². The molecule has 1 unspecified atom stereocenters. The topological polar surface area (TPSA) is 101 Å². The lowest BCUT2D eigenvalue weighted by molar-refractivity contribution is -0.132. The number of hydrogen-bond acceptors (Lipinski definition) is 8. The summed E-state index contributed by atoms with van der Waals surface area (Å²) >= 11 is 2.76. The summed E-state index contributed by atoms with van der Waals surface area (Å²) in [5, 5.41) is 20.5. The molecule has 0 saturated carbocycles. The minimum atomic E-state index is -0.880. The number of hydrogen-bond donors (Lipinski definition) is 1. The number of carbonyl (C=O) groups is 2. The van der Waals surface area contributed by atoms with Gasteiger partial charge >= 0.3 is 5.91 Å². The van der Waals surface area contributed by atoms with Crippen molar-refractivity contribution in [2.75, 3.05) is 4.90 Å². The molecule has 0 aliphatic carbocycles. The first-order valence-corrected chi connectivity index (χ1v) is 14.5. The van der Waals surface area contributed by atoms with E-state index in [9.17, 15) is 14.7 Å². The zero-order valence-corrected chi connectivity index (χ0v) is 23.7. The number of rotatable bonds is 6. The highest BCUT2D eigenvalue weighted by Crippen LogP contribution is 2.44. The molecule has 0 spiro atoms. The Hall–Kier alpha value is -4.28. The maximum atomic E-state index is 13.5. The first-order chi connectivity index (χ1) is 19.3. The van der Waals surface area contributed by atoms with E-state index in [0.29, 0.717) is 32.1 Å². The van der Waals surface area contributed by atoms with Gasteiger partial charge in [-0.15, -0.1) is 10.2 Å². The highest BCUT2D eigenvalue weighted by Gasteiger charge is 2.48. The second kappa shape index (κ2) is 10.4. The van der Waals surface area contributed by atoms with Crippen molar-refractivity contribution in [2.24, 2.45) is 0 Å². The van der Waals surface area contributed by atoms with Crippen molar-refractivity contribution in [3.05, 3.63) is 112 Å². The third-order valence-electron chi connectivity index (χ3n) is 6.95. The average molecular weight is 568 g/mol. The zero-order valence-electron chi connectivity index (χ0n) is 22.0. The fourth-order valence-electron chi connectivity index (χ4n) is 4.84. The maximum Gasteiger partial charge on any atom is 0.301 e. The lowest BCUT2D eigenvalue weighted by atomic mass is 9.96. The fourth-order valence-corrected chi connectivity index (χ4v) is 6.67. The molecule has 1 fully saturated rings. The van der Waals surface area contributed by atoms with Crippen LogP contribution in [0.1, 0.15) is 39.7 Å². The van der Waals surface area contributed by atoms with E-state index in [1.54, 1.807) is 0 Å². The van der Waals surface area contributed by atoms with Gasteiger partial charge in [0.25, 0.3) is 5.78 Å². The Balaban J connectivity index is 1.41. The van der Waals surface area contributed by atoms with Crippen molar-refractivity contribution in [1.29, 1.82) is 0 Å². The molecule has 40 heavy (non-hydrogen) atoms. The third-order valence-corrected chi connectivity index (χ3v) is 9.08. The van der Waals surface area contributed by atoms with Crippen molar-refractivity contribution >= 4 is 51.3 Å². The van der Waals surface area contributed by atoms with Crippen LogP contribution in [-0.2, 0) is 15.3 Å². The summed E-state index contributed by atoms with van der Waals surface area (Å²) in [4.78, 5) is 33.0. The van der Waals surface area contributed by atoms with Crippen LogP contribution in [0.3, 0.4) is 0 Å².